The molecule has 0 aliphatic heterocycles. The second kappa shape index (κ2) is 2.49. The molecule has 0 heterocycles. The number of nitrogens with two attached hydrogens (primary N) is 1. The monoisotopic (exact) mass is 116 g/mol. The van der Waals surface area contributed by atoms with Crippen LogP contribution in [0.25, 0.3) is 0 Å². The first-order chi connectivity index (χ1) is 3.18. The van der Waals surface area contributed by atoms with E-state index in [1.54, 1.807) is 13.0 Å². The maximum atomic E-state index is 7.99. The summed E-state index contributed by atoms with van der Waals surface area (Å²) in [6, 6.07) is 1.68. The average molecular weight is 117 g/mol. The molecule has 7 heavy (non-hydrogen) atoms. The summed E-state index contributed by atoms with van der Waals surface area (Å²) in [6.45, 7) is 1.57. The lowest BCUT2D eigenvalue weighted by molar-refractivity contribution is 1.30. The zero-order valence-electron chi connectivity index (χ0n) is 3.90. The minimum atomic E-state index is 0.0694. The second-order valence-corrected chi connectivity index (χ2v) is 1.49. The van der Waals surface area contributed by atoms with Crippen LogP contribution >= 0.6 is 11.6 Å². The molecular weight excluding hydrogens is 112 g/mol. The third-order valence-electron chi connectivity index (χ3n) is 0.444. The molecule has 0 saturated carbocycles. The van der Waals surface area contributed by atoms with Crippen LogP contribution in [0.3, 0.4) is 0 Å². The molecule has 0 amide bonds. The van der Waals surface area contributed by atoms with E-state index in [4.69, 9.17) is 22.6 Å². The Hall–Kier alpha value is -0.680. The lowest BCUT2D eigenvalue weighted by Gasteiger charge is -1.83. The third-order valence-corrected chi connectivity index (χ3v) is 0.827. The van der Waals surface area contributed by atoms with E-state index in [1.165, 1.54) is 0 Å². The van der Waals surface area contributed by atoms with Crippen LogP contribution in [0.2, 0.25) is 0 Å². The molecule has 0 rings (SSSR count). The molecule has 0 aliphatic rings. The molecule has 0 atom stereocenters. The highest BCUT2D eigenvalue weighted by atomic mass is 35.5. The van der Waals surface area contributed by atoms with E-state index in [1.807, 2.05) is 0 Å². The molecule has 0 fully saturated rings. The molecule has 0 aromatic heterocycles. The number of hydrogen-bond donors (Lipinski definition) is 1. The van der Waals surface area contributed by atoms with Crippen LogP contribution in [-0.2, 0) is 0 Å². The van der Waals surface area contributed by atoms with Crippen LogP contribution in [0.4, 0.5) is 0 Å². The van der Waals surface area contributed by atoms with Gasteiger partial charge in [0.2, 0.25) is 0 Å². The third kappa shape index (κ3) is 2.07. The van der Waals surface area contributed by atoms with E-state index in [-0.39, 0.29) is 5.03 Å². The number of hydrogen-bond acceptors (Lipinski definition) is 2. The Morgan fingerprint density at radius 3 is 2.29 bits per heavy atom. The van der Waals surface area contributed by atoms with Crippen LogP contribution in [0.15, 0.2) is 10.7 Å². The minimum Gasteiger partial charge on any atom is -0.400 e. The summed E-state index contributed by atoms with van der Waals surface area (Å²) in [7, 11) is 0. The Morgan fingerprint density at radius 1 is 1.86 bits per heavy atom. The molecule has 38 valence electrons. The molecule has 0 radical (unpaired) electrons. The van der Waals surface area contributed by atoms with Gasteiger partial charge in [0.1, 0.15) is 11.1 Å². The Kier molecular flexibility index (Phi) is 2.24. The molecule has 0 saturated heterocycles. The molecule has 2 N–H and O–H groups in total. The van der Waals surface area contributed by atoms with Crippen molar-refractivity contribution in [3.8, 4) is 6.07 Å². The van der Waals surface area contributed by atoms with Gasteiger partial charge in [0.25, 0.3) is 0 Å². The predicted molar refractivity (Wildman–Crippen MR) is 28.4 cm³/mol. The Morgan fingerprint density at radius 2 is 2.29 bits per heavy atom. The van der Waals surface area contributed by atoms with E-state index in [2.05, 4.69) is 0 Å². The van der Waals surface area contributed by atoms with Crippen molar-refractivity contribution < 1.29 is 0 Å². The summed E-state index contributed by atoms with van der Waals surface area (Å²) < 4.78 is 0. The summed E-state index contributed by atoms with van der Waals surface area (Å²) in [4.78, 5) is 0. The summed E-state index contributed by atoms with van der Waals surface area (Å²) in [5.41, 5.74) is 5.44. The standard InChI is InChI=1S/C4H5ClN2/c1-3(7)4(5)2-6/h7H2,1H3/b4-3+. The SMILES string of the molecule is C/C(N)=C(\Cl)C#N. The van der Waals surface area contributed by atoms with Crippen LogP contribution in [0.5, 0.6) is 0 Å². The van der Waals surface area contributed by atoms with E-state index in [0.29, 0.717) is 5.70 Å². The van der Waals surface area contributed by atoms with Crippen molar-refractivity contribution in [2.75, 3.05) is 0 Å². The van der Waals surface area contributed by atoms with Gasteiger partial charge in [-0.05, 0) is 6.92 Å². The molecule has 0 unspecified atom stereocenters. The first-order valence-corrected chi connectivity index (χ1v) is 2.08. The van der Waals surface area contributed by atoms with Gasteiger partial charge in [0.05, 0.1) is 0 Å². The fourth-order valence-electron chi connectivity index (χ4n) is 0.0882. The second-order valence-electron chi connectivity index (χ2n) is 1.11. The van der Waals surface area contributed by atoms with Crippen LogP contribution < -0.4 is 5.73 Å². The van der Waals surface area contributed by atoms with E-state index in [0.717, 1.165) is 0 Å². The van der Waals surface area contributed by atoms with Crippen molar-refractivity contribution >= 4 is 11.6 Å². The summed E-state index contributed by atoms with van der Waals surface area (Å²) >= 11 is 5.19. The van der Waals surface area contributed by atoms with Crippen molar-refractivity contribution in [2.24, 2.45) is 5.73 Å². The summed E-state index contributed by atoms with van der Waals surface area (Å²) in [6.07, 6.45) is 0. The van der Waals surface area contributed by atoms with E-state index < -0.39 is 0 Å². The molecule has 0 aromatic rings. The first-order valence-electron chi connectivity index (χ1n) is 1.70. The molecule has 0 aromatic carbocycles. The van der Waals surface area contributed by atoms with E-state index in [9.17, 15) is 0 Å². The zero-order valence-corrected chi connectivity index (χ0v) is 4.66. The molecular formula is C4H5ClN2. The van der Waals surface area contributed by atoms with Crippen molar-refractivity contribution in [3.63, 3.8) is 0 Å². The van der Waals surface area contributed by atoms with E-state index >= 15 is 0 Å². The van der Waals surface area contributed by atoms with Gasteiger partial charge in [-0.1, -0.05) is 11.6 Å². The van der Waals surface area contributed by atoms with Gasteiger partial charge < -0.3 is 5.73 Å². The van der Waals surface area contributed by atoms with Gasteiger partial charge in [-0.25, -0.2) is 0 Å². The predicted octanol–water partition coefficient (Wildman–Crippen LogP) is 0.939. The van der Waals surface area contributed by atoms with Gasteiger partial charge in [-0.3, -0.25) is 0 Å². The molecule has 3 heteroatoms. The Bertz CT molecular complexity index is 127. The maximum Gasteiger partial charge on any atom is 0.136 e. The van der Waals surface area contributed by atoms with Gasteiger partial charge in [0.15, 0.2) is 0 Å². The number of halogens is 1. The van der Waals surface area contributed by atoms with Crippen molar-refractivity contribution in [3.05, 3.63) is 10.7 Å². The normalized spacial score (nSPS) is 12.1. The molecule has 0 bridgehead atoms. The highest BCUT2D eigenvalue weighted by Gasteiger charge is 1.87. The number of allylic oxidation sites excluding steroid dienone is 2. The van der Waals surface area contributed by atoms with Gasteiger partial charge in [-0.2, -0.15) is 5.26 Å². The number of rotatable bonds is 0. The first kappa shape index (κ1) is 6.32. The Balaban J connectivity index is 4.07. The van der Waals surface area contributed by atoms with Gasteiger partial charge in [0, 0.05) is 5.70 Å². The van der Waals surface area contributed by atoms with Crippen molar-refractivity contribution in [2.45, 2.75) is 6.92 Å². The molecule has 0 aliphatic carbocycles. The number of nitrogens with zero attached hydrogens (tertiary/aromatic N) is 1. The van der Waals surface area contributed by atoms with Crippen LogP contribution in [0.1, 0.15) is 6.92 Å². The molecule has 2 nitrogen and oxygen atoms in total. The fourth-order valence-corrected chi connectivity index (χ4v) is 0.0882. The molecule has 0 spiro atoms. The topological polar surface area (TPSA) is 49.8 Å². The number of nitriles is 1. The van der Waals surface area contributed by atoms with Gasteiger partial charge >= 0.3 is 0 Å². The quantitative estimate of drug-likeness (QED) is 0.479. The smallest absolute Gasteiger partial charge is 0.136 e. The summed E-state index contributed by atoms with van der Waals surface area (Å²) in [5, 5.41) is 8.05. The zero-order chi connectivity index (χ0) is 5.86. The largest absolute Gasteiger partial charge is 0.400 e. The maximum absolute atomic E-state index is 7.99. The van der Waals surface area contributed by atoms with Gasteiger partial charge in [-0.15, -0.1) is 0 Å². The summed E-state index contributed by atoms with van der Waals surface area (Å²) in [5.74, 6) is 0. The minimum absolute atomic E-state index is 0.0694. The van der Waals surface area contributed by atoms with Crippen molar-refractivity contribution in [1.82, 2.24) is 0 Å². The Labute approximate surface area is 47.2 Å². The van der Waals surface area contributed by atoms with Crippen LogP contribution in [-0.4, -0.2) is 0 Å². The lowest BCUT2D eigenvalue weighted by atomic mass is 10.5. The average Bonchev–Trinajstić information content (AvgIpc) is 1.65. The van der Waals surface area contributed by atoms with Crippen LogP contribution in [0, 0.1) is 11.3 Å². The fraction of sp³-hybridized carbons (Fsp3) is 0.250. The highest BCUT2D eigenvalue weighted by molar-refractivity contribution is 6.32. The lowest BCUT2D eigenvalue weighted by Crippen LogP contribution is -1.91. The highest BCUT2D eigenvalue weighted by Crippen LogP contribution is 1.99. The van der Waals surface area contributed by atoms with Crippen molar-refractivity contribution in [1.29, 1.82) is 5.26 Å².